The van der Waals surface area contributed by atoms with Crippen LogP contribution in [0.3, 0.4) is 0 Å². The number of sulfonamides is 1. The normalized spacial score (nSPS) is 16.9. The minimum absolute atomic E-state index is 0.114. The molecule has 0 atom stereocenters. The van der Waals surface area contributed by atoms with Crippen molar-refractivity contribution in [2.24, 2.45) is 5.92 Å². The van der Waals surface area contributed by atoms with Crippen molar-refractivity contribution in [3.8, 4) is 0 Å². The van der Waals surface area contributed by atoms with E-state index in [0.717, 1.165) is 43.4 Å². The van der Waals surface area contributed by atoms with E-state index in [1.54, 1.807) is 24.3 Å². The topological polar surface area (TPSA) is 113 Å². The van der Waals surface area contributed by atoms with Gasteiger partial charge in [0.1, 0.15) is 0 Å². The molecule has 0 unspecified atom stereocenters. The predicted molar refractivity (Wildman–Crippen MR) is 142 cm³/mol. The number of halogens is 3. The fourth-order valence-corrected chi connectivity index (χ4v) is 5.82. The maximum atomic E-state index is 12.9. The predicted octanol–water partition coefficient (Wildman–Crippen LogP) is 5.80. The second kappa shape index (κ2) is 12.8. The van der Waals surface area contributed by atoms with E-state index in [1.807, 2.05) is 24.3 Å². The highest BCUT2D eigenvalue weighted by Gasteiger charge is 2.51. The molecule has 2 aromatic carbocycles. The van der Waals surface area contributed by atoms with Gasteiger partial charge in [-0.05, 0) is 73.4 Å². The van der Waals surface area contributed by atoms with Crippen LogP contribution in [0.4, 0.5) is 18.9 Å². The molecule has 3 N–H and O–H groups in total. The lowest BCUT2D eigenvalue weighted by Crippen LogP contribution is -2.38. The van der Waals surface area contributed by atoms with Gasteiger partial charge in [-0.25, -0.2) is 13.2 Å². The molecule has 214 valence electrons. The number of hydrogen-bond donors (Lipinski definition) is 3. The van der Waals surface area contributed by atoms with Gasteiger partial charge in [0.25, 0.3) is 10.0 Å². The summed E-state index contributed by atoms with van der Waals surface area (Å²) >= 11 is 0. The number of rotatable bonds is 9. The molecule has 4 rings (SSSR count). The van der Waals surface area contributed by atoms with Gasteiger partial charge >= 0.3 is 12.1 Å². The lowest BCUT2D eigenvalue weighted by atomic mass is 9.88. The first kappa shape index (κ1) is 30.5. The second-order valence-corrected chi connectivity index (χ2v) is 11.9. The summed E-state index contributed by atoms with van der Waals surface area (Å²) in [5.74, 6) is -2.03. The van der Waals surface area contributed by atoms with E-state index < -0.39 is 27.6 Å². The van der Waals surface area contributed by atoms with Crippen molar-refractivity contribution < 1.29 is 36.3 Å². The number of amides is 1. The Bertz CT molecular complexity index is 1220. The molecule has 0 bridgehead atoms. The number of carboxylic acids is 1. The molecule has 39 heavy (non-hydrogen) atoms. The second-order valence-electron chi connectivity index (χ2n) is 10.2. The van der Waals surface area contributed by atoms with E-state index in [0.29, 0.717) is 11.6 Å². The molecule has 0 saturated heterocycles. The van der Waals surface area contributed by atoms with E-state index >= 15 is 0 Å². The quantitative estimate of drug-likeness (QED) is 0.354. The third-order valence-corrected chi connectivity index (χ3v) is 8.56. The van der Waals surface area contributed by atoms with Gasteiger partial charge < -0.3 is 10.4 Å². The summed E-state index contributed by atoms with van der Waals surface area (Å²) in [5, 5.41) is 10.3. The molecular weight excluding hydrogens is 533 g/mol. The van der Waals surface area contributed by atoms with Crippen LogP contribution in [0.25, 0.3) is 0 Å². The molecule has 7 nitrogen and oxygen atoms in total. The Morgan fingerprint density at radius 3 is 2.03 bits per heavy atom. The van der Waals surface area contributed by atoms with Gasteiger partial charge in [-0.15, -0.1) is 0 Å². The van der Waals surface area contributed by atoms with Crippen LogP contribution in [-0.2, 0) is 31.4 Å². The molecular formula is C28H35F3N2O5S. The van der Waals surface area contributed by atoms with Gasteiger partial charge in [-0.3, -0.25) is 9.52 Å². The van der Waals surface area contributed by atoms with Crippen molar-refractivity contribution in [2.45, 2.75) is 81.2 Å². The Balaban J connectivity index is 0.000000532. The van der Waals surface area contributed by atoms with Crippen molar-refractivity contribution in [1.82, 2.24) is 5.32 Å². The smallest absolute Gasteiger partial charge is 0.475 e. The fourth-order valence-electron chi connectivity index (χ4n) is 4.76. The zero-order chi connectivity index (χ0) is 28.7. The van der Waals surface area contributed by atoms with Gasteiger partial charge in [-0.2, -0.15) is 13.2 Å². The number of nitrogens with one attached hydrogen (secondary N) is 2. The van der Waals surface area contributed by atoms with Crippen molar-refractivity contribution in [1.29, 1.82) is 0 Å². The molecule has 2 aromatic rings. The Kier molecular flexibility index (Phi) is 10.0. The molecule has 2 aliphatic rings. The highest BCUT2D eigenvalue weighted by molar-refractivity contribution is 7.92. The minimum atomic E-state index is -5.08. The SMILES string of the molecule is CCCc1ccc(S(=O)(=O)Nc2ccc(C3(C(=O)NCC4CCCCC4)CC3)cc2)cc1.O=C(O)C(F)(F)F. The van der Waals surface area contributed by atoms with Crippen molar-refractivity contribution in [2.75, 3.05) is 11.3 Å². The number of carbonyl (C=O) groups excluding carboxylic acids is 1. The molecule has 0 radical (unpaired) electrons. The lowest BCUT2D eigenvalue weighted by molar-refractivity contribution is -0.192. The van der Waals surface area contributed by atoms with Gasteiger partial charge in [0.2, 0.25) is 5.91 Å². The first-order chi connectivity index (χ1) is 18.4. The third kappa shape index (κ3) is 8.45. The number of benzene rings is 2. The highest BCUT2D eigenvalue weighted by Crippen LogP contribution is 2.48. The van der Waals surface area contributed by atoms with Crippen LogP contribution in [0.1, 0.15) is 69.4 Å². The van der Waals surface area contributed by atoms with Gasteiger partial charge in [0.15, 0.2) is 0 Å². The Morgan fingerprint density at radius 2 is 1.54 bits per heavy atom. The summed E-state index contributed by atoms with van der Waals surface area (Å²) in [7, 11) is -3.64. The molecule has 1 amide bonds. The van der Waals surface area contributed by atoms with E-state index in [1.165, 1.54) is 32.1 Å². The van der Waals surface area contributed by atoms with Gasteiger partial charge in [0.05, 0.1) is 10.3 Å². The van der Waals surface area contributed by atoms with E-state index in [4.69, 9.17) is 9.90 Å². The zero-order valence-corrected chi connectivity index (χ0v) is 22.7. The summed E-state index contributed by atoms with van der Waals surface area (Å²) in [6, 6.07) is 14.3. The number of aliphatic carboxylic acids is 1. The summed E-state index contributed by atoms with van der Waals surface area (Å²) in [4.78, 5) is 22.1. The largest absolute Gasteiger partial charge is 0.490 e. The first-order valence-corrected chi connectivity index (χ1v) is 14.7. The molecule has 0 aliphatic heterocycles. The molecule has 0 spiro atoms. The van der Waals surface area contributed by atoms with Crippen LogP contribution < -0.4 is 10.0 Å². The van der Waals surface area contributed by atoms with Crippen molar-refractivity contribution in [3.05, 3.63) is 59.7 Å². The number of anilines is 1. The molecule has 0 heterocycles. The van der Waals surface area contributed by atoms with Gasteiger partial charge in [-0.1, -0.05) is 56.9 Å². The summed E-state index contributed by atoms with van der Waals surface area (Å²) in [5.41, 5.74) is 2.16. The number of hydrogen-bond acceptors (Lipinski definition) is 4. The number of carbonyl (C=O) groups is 2. The average molecular weight is 569 g/mol. The van der Waals surface area contributed by atoms with E-state index in [-0.39, 0.29) is 10.8 Å². The Morgan fingerprint density at radius 1 is 0.974 bits per heavy atom. The summed E-state index contributed by atoms with van der Waals surface area (Å²) < 4.78 is 59.9. The van der Waals surface area contributed by atoms with Gasteiger partial charge in [0, 0.05) is 12.2 Å². The van der Waals surface area contributed by atoms with Crippen LogP contribution in [0.2, 0.25) is 0 Å². The van der Waals surface area contributed by atoms with Crippen molar-refractivity contribution in [3.63, 3.8) is 0 Å². The Labute approximate surface area is 227 Å². The first-order valence-electron chi connectivity index (χ1n) is 13.2. The summed E-state index contributed by atoms with van der Waals surface area (Å²) in [6.45, 7) is 2.87. The van der Waals surface area contributed by atoms with E-state index in [9.17, 15) is 26.4 Å². The number of aryl methyl sites for hydroxylation is 1. The molecule has 2 saturated carbocycles. The molecule has 0 aromatic heterocycles. The summed E-state index contributed by atoms with van der Waals surface area (Å²) in [6.07, 6.45) is 4.85. The van der Waals surface area contributed by atoms with Crippen LogP contribution in [0.5, 0.6) is 0 Å². The molecule has 2 fully saturated rings. The molecule has 11 heteroatoms. The standard InChI is InChI=1S/C26H34N2O3S.C2HF3O2/c1-2-6-20-9-15-24(16-10-20)32(30,31)28-23-13-11-22(12-14-23)26(17-18-26)25(29)27-19-21-7-4-3-5-8-21;3-2(4,5)1(6)7/h9-16,21,28H,2-8,17-19H2,1H3,(H,27,29);(H,6,7). The fraction of sp³-hybridized carbons (Fsp3) is 0.500. The van der Waals surface area contributed by atoms with E-state index in [2.05, 4.69) is 17.0 Å². The van der Waals surface area contributed by atoms with Crippen LogP contribution in [0, 0.1) is 5.92 Å². The lowest BCUT2D eigenvalue weighted by Gasteiger charge is -2.23. The maximum absolute atomic E-state index is 12.9. The molecule has 2 aliphatic carbocycles. The van der Waals surface area contributed by atoms with Crippen LogP contribution >= 0.6 is 0 Å². The monoisotopic (exact) mass is 568 g/mol. The number of carboxylic acid groups (broad SMARTS) is 1. The Hall–Kier alpha value is -3.08. The zero-order valence-electron chi connectivity index (χ0n) is 21.9. The van der Waals surface area contributed by atoms with Crippen LogP contribution in [-0.4, -0.2) is 38.1 Å². The maximum Gasteiger partial charge on any atom is 0.490 e. The minimum Gasteiger partial charge on any atom is -0.475 e. The average Bonchev–Trinajstić information content (AvgIpc) is 3.71. The highest BCUT2D eigenvalue weighted by atomic mass is 32.2. The third-order valence-electron chi connectivity index (χ3n) is 7.17. The number of alkyl halides is 3. The van der Waals surface area contributed by atoms with Crippen molar-refractivity contribution >= 4 is 27.6 Å². The van der Waals surface area contributed by atoms with Crippen LogP contribution in [0.15, 0.2) is 53.4 Å².